The second kappa shape index (κ2) is 26.2. The number of carbonyl (C=O) groups excluding carboxylic acids is 1. The van der Waals surface area contributed by atoms with Crippen molar-refractivity contribution in [2.75, 3.05) is 13.2 Å². The highest BCUT2D eigenvalue weighted by Crippen LogP contribution is 2.23. The van der Waals surface area contributed by atoms with Crippen molar-refractivity contribution in [3.8, 4) is 0 Å². The first-order valence-electron chi connectivity index (χ1n) is 17.4. The van der Waals surface area contributed by atoms with Gasteiger partial charge in [-0.25, -0.2) is 0 Å². The Morgan fingerprint density at radius 3 is 1.98 bits per heavy atom. The maximum absolute atomic E-state index is 12.8. The van der Waals surface area contributed by atoms with Crippen LogP contribution in [0.1, 0.15) is 142 Å². The highest BCUT2D eigenvalue weighted by atomic mass is 16.7. The van der Waals surface area contributed by atoms with Crippen molar-refractivity contribution < 1.29 is 39.8 Å². The van der Waals surface area contributed by atoms with E-state index in [9.17, 15) is 30.3 Å². The van der Waals surface area contributed by atoms with Crippen LogP contribution in [-0.2, 0) is 14.3 Å². The van der Waals surface area contributed by atoms with E-state index < -0.39 is 49.5 Å². The van der Waals surface area contributed by atoms with E-state index in [2.05, 4.69) is 31.3 Å². The van der Waals surface area contributed by atoms with Crippen LogP contribution in [0.5, 0.6) is 0 Å². The SMILES string of the molecule is CCC/C=C\CCCCCCCC(=O)NC(COC1OC(CO)C(O)C(O)C1O)C(O)CCCCCCCCCCCC. The summed E-state index contributed by atoms with van der Waals surface area (Å²) in [6, 6.07) is -0.714. The van der Waals surface area contributed by atoms with Gasteiger partial charge in [0.25, 0.3) is 0 Å². The summed E-state index contributed by atoms with van der Waals surface area (Å²) < 4.78 is 11.1. The monoisotopic (exact) mass is 615 g/mol. The zero-order chi connectivity index (χ0) is 31.7. The number of ether oxygens (including phenoxy) is 2. The van der Waals surface area contributed by atoms with Crippen LogP contribution in [0.15, 0.2) is 12.2 Å². The summed E-state index contributed by atoms with van der Waals surface area (Å²) in [6.07, 6.45) is 18.0. The molecule has 0 aromatic carbocycles. The summed E-state index contributed by atoms with van der Waals surface area (Å²) in [7, 11) is 0. The molecule has 1 aliphatic rings. The van der Waals surface area contributed by atoms with Crippen molar-refractivity contribution in [2.45, 2.75) is 185 Å². The highest BCUT2D eigenvalue weighted by molar-refractivity contribution is 5.76. The first-order chi connectivity index (χ1) is 20.8. The second-order valence-electron chi connectivity index (χ2n) is 12.3. The molecule has 9 nitrogen and oxygen atoms in total. The minimum Gasteiger partial charge on any atom is -0.394 e. The standard InChI is InChI=1S/C34H65NO8/c1-3-5-7-9-11-13-15-17-19-21-23-28(37)27(26-42-34-33(41)32(40)31(39)29(25-36)43-34)35-30(38)24-22-20-18-16-14-12-10-8-6-4-2/h8,10,27-29,31-34,36-37,39-41H,3-7,9,11-26H2,1-2H3,(H,35,38)/b10-8-. The minimum atomic E-state index is -1.55. The van der Waals surface area contributed by atoms with E-state index in [0.717, 1.165) is 64.2 Å². The van der Waals surface area contributed by atoms with Gasteiger partial charge in [-0.3, -0.25) is 4.79 Å². The minimum absolute atomic E-state index is 0.140. The fourth-order valence-corrected chi connectivity index (χ4v) is 5.45. The number of rotatable bonds is 27. The fourth-order valence-electron chi connectivity index (χ4n) is 5.45. The van der Waals surface area contributed by atoms with Crippen LogP contribution in [-0.4, -0.2) is 87.5 Å². The summed E-state index contributed by atoms with van der Waals surface area (Å²) in [5.74, 6) is -0.160. The molecule has 1 heterocycles. The lowest BCUT2D eigenvalue weighted by Crippen LogP contribution is -2.60. The third kappa shape index (κ3) is 18.5. The number of carbonyl (C=O) groups is 1. The first kappa shape index (κ1) is 40.0. The van der Waals surface area contributed by atoms with Crippen LogP contribution in [0.3, 0.4) is 0 Å². The van der Waals surface area contributed by atoms with Crippen molar-refractivity contribution in [3.05, 3.63) is 12.2 Å². The predicted molar refractivity (Wildman–Crippen MR) is 170 cm³/mol. The van der Waals surface area contributed by atoms with Crippen molar-refractivity contribution in [3.63, 3.8) is 0 Å². The van der Waals surface area contributed by atoms with Crippen LogP contribution in [0.4, 0.5) is 0 Å². The van der Waals surface area contributed by atoms with Gasteiger partial charge in [0.05, 0.1) is 25.4 Å². The average Bonchev–Trinajstić information content (AvgIpc) is 3.00. The molecule has 9 heteroatoms. The van der Waals surface area contributed by atoms with Crippen molar-refractivity contribution in [1.29, 1.82) is 0 Å². The molecule has 0 saturated carbocycles. The van der Waals surface area contributed by atoms with Crippen LogP contribution in [0.25, 0.3) is 0 Å². The number of amides is 1. The molecule has 0 aliphatic carbocycles. The Kier molecular flexibility index (Phi) is 24.3. The summed E-state index contributed by atoms with van der Waals surface area (Å²) in [5.41, 5.74) is 0. The number of unbranched alkanes of at least 4 members (excludes halogenated alkanes) is 15. The van der Waals surface area contributed by atoms with Crippen molar-refractivity contribution in [2.24, 2.45) is 0 Å². The molecule has 1 amide bonds. The fraction of sp³-hybridized carbons (Fsp3) is 0.912. The molecule has 1 saturated heterocycles. The van der Waals surface area contributed by atoms with Crippen molar-refractivity contribution >= 4 is 5.91 Å². The molecule has 7 atom stereocenters. The van der Waals surface area contributed by atoms with Crippen LogP contribution < -0.4 is 5.32 Å². The van der Waals surface area contributed by atoms with Gasteiger partial charge in [0.15, 0.2) is 6.29 Å². The number of aliphatic hydroxyl groups is 5. The summed E-state index contributed by atoms with van der Waals surface area (Å²) in [6.45, 7) is 3.71. The number of hydrogen-bond donors (Lipinski definition) is 6. The van der Waals surface area contributed by atoms with E-state index in [1.165, 1.54) is 51.4 Å². The van der Waals surface area contributed by atoms with Gasteiger partial charge >= 0.3 is 0 Å². The largest absolute Gasteiger partial charge is 0.394 e. The number of allylic oxidation sites excluding steroid dienone is 2. The summed E-state index contributed by atoms with van der Waals surface area (Å²) in [5, 5.41) is 53.8. The lowest BCUT2D eigenvalue weighted by atomic mass is 9.99. The maximum atomic E-state index is 12.8. The Hall–Kier alpha value is -1.07. The van der Waals surface area contributed by atoms with Crippen LogP contribution in [0.2, 0.25) is 0 Å². The first-order valence-corrected chi connectivity index (χ1v) is 17.4. The molecule has 0 radical (unpaired) electrons. The third-order valence-electron chi connectivity index (χ3n) is 8.35. The van der Waals surface area contributed by atoms with E-state index >= 15 is 0 Å². The van der Waals surface area contributed by atoms with E-state index in [4.69, 9.17) is 9.47 Å². The summed E-state index contributed by atoms with van der Waals surface area (Å²) >= 11 is 0. The van der Waals surface area contributed by atoms with Gasteiger partial charge < -0.3 is 40.3 Å². The molecule has 1 rings (SSSR count). The Bertz CT molecular complexity index is 691. The molecule has 0 aromatic rings. The summed E-state index contributed by atoms with van der Waals surface area (Å²) in [4.78, 5) is 12.8. The van der Waals surface area contributed by atoms with Gasteiger partial charge in [-0.1, -0.05) is 116 Å². The van der Waals surface area contributed by atoms with Gasteiger partial charge in [-0.05, 0) is 32.1 Å². The topological polar surface area (TPSA) is 149 Å². The van der Waals surface area contributed by atoms with Gasteiger partial charge in [0.1, 0.15) is 24.4 Å². The quantitative estimate of drug-likeness (QED) is 0.0556. The Morgan fingerprint density at radius 2 is 1.35 bits per heavy atom. The van der Waals surface area contributed by atoms with Gasteiger partial charge in [0.2, 0.25) is 5.91 Å². The van der Waals surface area contributed by atoms with Crippen LogP contribution in [0, 0.1) is 0 Å². The molecule has 6 N–H and O–H groups in total. The lowest BCUT2D eigenvalue weighted by Gasteiger charge is -2.40. The van der Waals surface area contributed by atoms with E-state index in [0.29, 0.717) is 12.8 Å². The van der Waals surface area contributed by atoms with Gasteiger partial charge in [0, 0.05) is 6.42 Å². The maximum Gasteiger partial charge on any atom is 0.220 e. The van der Waals surface area contributed by atoms with Gasteiger partial charge in [-0.2, -0.15) is 0 Å². The molecule has 1 fully saturated rings. The normalized spacial score (nSPS) is 23.9. The molecule has 43 heavy (non-hydrogen) atoms. The third-order valence-corrected chi connectivity index (χ3v) is 8.35. The zero-order valence-corrected chi connectivity index (χ0v) is 27.2. The molecule has 7 unspecified atom stereocenters. The van der Waals surface area contributed by atoms with Crippen molar-refractivity contribution in [1.82, 2.24) is 5.32 Å². The van der Waals surface area contributed by atoms with Crippen LogP contribution >= 0.6 is 0 Å². The van der Waals surface area contributed by atoms with E-state index in [1.54, 1.807) is 0 Å². The molecule has 254 valence electrons. The molecule has 0 spiro atoms. The molecule has 1 aliphatic heterocycles. The van der Waals surface area contributed by atoms with E-state index in [-0.39, 0.29) is 12.5 Å². The Labute approximate surface area is 261 Å². The average molecular weight is 616 g/mol. The molecular weight excluding hydrogens is 550 g/mol. The Balaban J connectivity index is 2.49. The highest BCUT2D eigenvalue weighted by Gasteiger charge is 2.44. The molecular formula is C34H65NO8. The smallest absolute Gasteiger partial charge is 0.220 e. The number of nitrogens with one attached hydrogen (secondary N) is 1. The van der Waals surface area contributed by atoms with Gasteiger partial charge in [-0.15, -0.1) is 0 Å². The number of aliphatic hydroxyl groups excluding tert-OH is 5. The second-order valence-corrected chi connectivity index (χ2v) is 12.3. The molecule has 0 aromatic heterocycles. The van der Waals surface area contributed by atoms with E-state index in [1.807, 2.05) is 0 Å². The predicted octanol–water partition coefficient (Wildman–Crippen LogP) is 5.05. The number of hydrogen-bond acceptors (Lipinski definition) is 8. The lowest BCUT2D eigenvalue weighted by molar-refractivity contribution is -0.302. The molecule has 0 bridgehead atoms. The zero-order valence-electron chi connectivity index (χ0n) is 27.2. The Morgan fingerprint density at radius 1 is 0.767 bits per heavy atom.